The van der Waals surface area contributed by atoms with Crippen LogP contribution in [0.5, 0.6) is 5.75 Å². The van der Waals surface area contributed by atoms with Crippen molar-refractivity contribution in [1.29, 1.82) is 0 Å². The number of nitrogens with one attached hydrogen (secondary N) is 1. The first-order valence-corrected chi connectivity index (χ1v) is 7.35. The molecule has 1 N–H and O–H groups in total. The van der Waals surface area contributed by atoms with Gasteiger partial charge in [0.2, 0.25) is 0 Å². The Bertz CT molecular complexity index is 389. The zero-order valence-corrected chi connectivity index (χ0v) is 12.7. The summed E-state index contributed by atoms with van der Waals surface area (Å²) in [6, 6.07) is 7.79. The fourth-order valence-corrected chi connectivity index (χ4v) is 2.34. The number of halogens is 1. The van der Waals surface area contributed by atoms with Crippen molar-refractivity contribution >= 4 is 15.9 Å². The topological polar surface area (TPSA) is 39.7 Å². The van der Waals surface area contributed by atoms with Crippen molar-refractivity contribution < 1.29 is 14.2 Å². The van der Waals surface area contributed by atoms with Gasteiger partial charge < -0.3 is 19.5 Å². The first-order valence-electron chi connectivity index (χ1n) is 6.56. The van der Waals surface area contributed by atoms with Crippen molar-refractivity contribution in [2.75, 3.05) is 32.9 Å². The lowest BCUT2D eigenvalue weighted by molar-refractivity contribution is -0.0709. The van der Waals surface area contributed by atoms with Crippen LogP contribution in [0.1, 0.15) is 6.92 Å². The molecule has 0 saturated carbocycles. The highest BCUT2D eigenvalue weighted by molar-refractivity contribution is 9.10. The van der Waals surface area contributed by atoms with E-state index in [9.17, 15) is 0 Å². The van der Waals surface area contributed by atoms with Crippen LogP contribution in [0.2, 0.25) is 0 Å². The van der Waals surface area contributed by atoms with E-state index in [1.807, 2.05) is 24.3 Å². The van der Waals surface area contributed by atoms with Crippen LogP contribution in [-0.2, 0) is 9.47 Å². The smallest absolute Gasteiger partial charge is 0.120 e. The maximum atomic E-state index is 5.73. The highest BCUT2D eigenvalue weighted by Crippen LogP contribution is 2.17. The Kier molecular flexibility index (Phi) is 6.10. The molecule has 2 atom stereocenters. The molecule has 2 rings (SSSR count). The lowest BCUT2D eigenvalue weighted by Crippen LogP contribution is -2.45. The zero-order valence-electron chi connectivity index (χ0n) is 11.1. The van der Waals surface area contributed by atoms with Gasteiger partial charge in [0, 0.05) is 17.6 Å². The molecule has 2 unspecified atom stereocenters. The van der Waals surface area contributed by atoms with Crippen LogP contribution in [-0.4, -0.2) is 45.1 Å². The van der Waals surface area contributed by atoms with Gasteiger partial charge in [-0.1, -0.05) is 22.0 Å². The summed E-state index contributed by atoms with van der Waals surface area (Å²) in [7, 11) is 0. The van der Waals surface area contributed by atoms with E-state index < -0.39 is 0 Å². The quantitative estimate of drug-likeness (QED) is 0.812. The van der Waals surface area contributed by atoms with Crippen molar-refractivity contribution in [2.24, 2.45) is 0 Å². The van der Waals surface area contributed by atoms with Crippen LogP contribution >= 0.6 is 15.9 Å². The molecule has 0 spiro atoms. The highest BCUT2D eigenvalue weighted by atomic mass is 79.9. The molecule has 1 aromatic rings. The average molecular weight is 330 g/mol. The third kappa shape index (κ3) is 5.48. The van der Waals surface area contributed by atoms with E-state index in [0.29, 0.717) is 19.8 Å². The Morgan fingerprint density at radius 1 is 1.37 bits per heavy atom. The van der Waals surface area contributed by atoms with Gasteiger partial charge in [-0.3, -0.25) is 0 Å². The second kappa shape index (κ2) is 7.85. The van der Waals surface area contributed by atoms with E-state index in [-0.39, 0.29) is 12.2 Å². The Labute approximate surface area is 122 Å². The number of rotatable bonds is 6. The first kappa shape index (κ1) is 14.8. The fraction of sp³-hybridized carbons (Fsp3) is 0.571. The van der Waals surface area contributed by atoms with Crippen LogP contribution in [0.4, 0.5) is 0 Å². The molecule has 4 nitrogen and oxygen atoms in total. The lowest BCUT2D eigenvalue weighted by atomic mass is 10.2. The first-order chi connectivity index (χ1) is 9.24. The van der Waals surface area contributed by atoms with Gasteiger partial charge in [-0.2, -0.15) is 0 Å². The summed E-state index contributed by atoms with van der Waals surface area (Å²) in [4.78, 5) is 0. The summed E-state index contributed by atoms with van der Waals surface area (Å²) >= 11 is 3.41. The van der Waals surface area contributed by atoms with Crippen LogP contribution in [0.25, 0.3) is 0 Å². The minimum atomic E-state index is 0.148. The molecular formula is C14H20BrNO3. The van der Waals surface area contributed by atoms with Gasteiger partial charge >= 0.3 is 0 Å². The highest BCUT2D eigenvalue weighted by Gasteiger charge is 2.18. The largest absolute Gasteiger partial charge is 0.491 e. The Morgan fingerprint density at radius 2 is 2.26 bits per heavy atom. The summed E-state index contributed by atoms with van der Waals surface area (Å²) in [5.41, 5.74) is 0. The van der Waals surface area contributed by atoms with Crippen molar-refractivity contribution in [3.63, 3.8) is 0 Å². The molecule has 5 heteroatoms. The molecule has 106 valence electrons. The van der Waals surface area contributed by atoms with Crippen molar-refractivity contribution in [2.45, 2.75) is 19.1 Å². The van der Waals surface area contributed by atoms with E-state index in [2.05, 4.69) is 28.2 Å². The standard InChI is InChI=1S/C14H20BrNO3/c1-11-8-16-9-14(19-11)10-17-5-6-18-13-4-2-3-12(15)7-13/h2-4,7,11,14,16H,5-6,8-10H2,1H3. The summed E-state index contributed by atoms with van der Waals surface area (Å²) in [5.74, 6) is 0.849. The Morgan fingerprint density at radius 3 is 3.05 bits per heavy atom. The SMILES string of the molecule is CC1CNCC(COCCOc2cccc(Br)c2)O1. The second-order valence-electron chi connectivity index (χ2n) is 4.61. The third-order valence-corrected chi connectivity index (χ3v) is 3.32. The molecule has 1 aliphatic rings. The normalized spacial score (nSPS) is 23.3. The second-order valence-corrected chi connectivity index (χ2v) is 5.52. The van der Waals surface area contributed by atoms with E-state index in [1.54, 1.807) is 0 Å². The summed E-state index contributed by atoms with van der Waals surface area (Å²) < 4.78 is 17.9. The van der Waals surface area contributed by atoms with E-state index >= 15 is 0 Å². The minimum absolute atomic E-state index is 0.148. The van der Waals surface area contributed by atoms with Crippen molar-refractivity contribution in [1.82, 2.24) is 5.32 Å². The van der Waals surface area contributed by atoms with E-state index in [4.69, 9.17) is 14.2 Å². The summed E-state index contributed by atoms with van der Waals surface area (Å²) in [6.45, 7) is 5.57. The third-order valence-electron chi connectivity index (χ3n) is 2.82. The molecule has 1 heterocycles. The minimum Gasteiger partial charge on any atom is -0.491 e. The Balaban J connectivity index is 1.57. The fourth-order valence-electron chi connectivity index (χ4n) is 1.96. The summed E-state index contributed by atoms with van der Waals surface area (Å²) in [6.07, 6.45) is 0.412. The number of benzene rings is 1. The van der Waals surface area contributed by atoms with Gasteiger partial charge in [-0.25, -0.2) is 0 Å². The number of hydrogen-bond donors (Lipinski definition) is 1. The molecule has 0 radical (unpaired) electrons. The van der Waals surface area contributed by atoms with Gasteiger partial charge in [0.15, 0.2) is 0 Å². The van der Waals surface area contributed by atoms with Crippen LogP contribution < -0.4 is 10.1 Å². The lowest BCUT2D eigenvalue weighted by Gasteiger charge is -2.28. The maximum absolute atomic E-state index is 5.73. The molecule has 0 aliphatic carbocycles. The van der Waals surface area contributed by atoms with Gasteiger partial charge in [-0.15, -0.1) is 0 Å². The van der Waals surface area contributed by atoms with E-state index in [1.165, 1.54) is 0 Å². The molecular weight excluding hydrogens is 310 g/mol. The van der Waals surface area contributed by atoms with E-state index in [0.717, 1.165) is 23.3 Å². The van der Waals surface area contributed by atoms with Gasteiger partial charge in [0.25, 0.3) is 0 Å². The molecule has 0 amide bonds. The molecule has 1 aromatic carbocycles. The summed E-state index contributed by atoms with van der Waals surface area (Å²) in [5, 5.41) is 3.32. The van der Waals surface area contributed by atoms with Gasteiger partial charge in [0.05, 0.1) is 25.4 Å². The predicted molar refractivity (Wildman–Crippen MR) is 77.7 cm³/mol. The monoisotopic (exact) mass is 329 g/mol. The van der Waals surface area contributed by atoms with Gasteiger partial charge in [0.1, 0.15) is 12.4 Å². The molecule has 0 aromatic heterocycles. The maximum Gasteiger partial charge on any atom is 0.120 e. The molecule has 19 heavy (non-hydrogen) atoms. The zero-order chi connectivity index (χ0) is 13.5. The van der Waals surface area contributed by atoms with Crippen LogP contribution in [0.15, 0.2) is 28.7 Å². The van der Waals surface area contributed by atoms with Crippen molar-refractivity contribution in [3.05, 3.63) is 28.7 Å². The van der Waals surface area contributed by atoms with Gasteiger partial charge in [-0.05, 0) is 25.1 Å². The number of ether oxygens (including phenoxy) is 3. The molecule has 0 bridgehead atoms. The molecule has 1 aliphatic heterocycles. The van der Waals surface area contributed by atoms with Crippen molar-refractivity contribution in [3.8, 4) is 5.75 Å². The average Bonchev–Trinajstić information content (AvgIpc) is 2.38. The Hall–Kier alpha value is -0.620. The predicted octanol–water partition coefficient (Wildman–Crippen LogP) is 2.22. The number of hydrogen-bond acceptors (Lipinski definition) is 4. The molecule has 1 saturated heterocycles. The molecule has 1 fully saturated rings. The number of morpholine rings is 1. The van der Waals surface area contributed by atoms with Crippen LogP contribution in [0, 0.1) is 0 Å². The van der Waals surface area contributed by atoms with Crippen LogP contribution in [0.3, 0.4) is 0 Å².